The second kappa shape index (κ2) is 4.33. The van der Waals surface area contributed by atoms with Gasteiger partial charge < -0.3 is 4.90 Å². The minimum absolute atomic E-state index is 0.430. The molecule has 0 bridgehead atoms. The van der Waals surface area contributed by atoms with Gasteiger partial charge in [0.2, 0.25) is 5.91 Å². The van der Waals surface area contributed by atoms with Crippen molar-refractivity contribution in [3.05, 3.63) is 0 Å². The van der Waals surface area contributed by atoms with Crippen LogP contribution in [-0.4, -0.2) is 22.9 Å². The van der Waals surface area contributed by atoms with E-state index in [9.17, 15) is 4.79 Å². The van der Waals surface area contributed by atoms with Crippen molar-refractivity contribution < 1.29 is 4.79 Å². The summed E-state index contributed by atoms with van der Waals surface area (Å²) in [6.45, 7) is 2.22. The average Bonchev–Trinajstić information content (AvgIpc) is 2.19. The van der Waals surface area contributed by atoms with Crippen LogP contribution in [-0.2, 0) is 4.79 Å². The first-order valence-corrected chi connectivity index (χ1v) is 6.14. The van der Waals surface area contributed by atoms with Gasteiger partial charge in [0.25, 0.3) is 0 Å². The van der Waals surface area contributed by atoms with E-state index in [2.05, 4.69) is 11.8 Å². The number of piperidine rings is 2. The molecule has 0 aromatic carbocycles. The van der Waals surface area contributed by atoms with Gasteiger partial charge in [-0.3, -0.25) is 4.79 Å². The zero-order chi connectivity index (χ0) is 9.97. The minimum Gasteiger partial charge on any atom is -0.337 e. The predicted molar refractivity (Wildman–Crippen MR) is 57.0 cm³/mol. The quantitative estimate of drug-likeness (QED) is 0.663. The molecule has 2 nitrogen and oxygen atoms in total. The van der Waals surface area contributed by atoms with Crippen molar-refractivity contribution in [2.75, 3.05) is 0 Å². The Kier molecular flexibility index (Phi) is 3.09. The third kappa shape index (κ3) is 1.79. The van der Waals surface area contributed by atoms with Gasteiger partial charge in [-0.15, -0.1) is 0 Å². The van der Waals surface area contributed by atoms with Gasteiger partial charge in [-0.2, -0.15) is 0 Å². The van der Waals surface area contributed by atoms with E-state index in [-0.39, 0.29) is 0 Å². The monoisotopic (exact) mass is 195 g/mol. The molecule has 0 aromatic heterocycles. The maximum Gasteiger partial charge on any atom is 0.223 e. The van der Waals surface area contributed by atoms with Crippen molar-refractivity contribution in [2.45, 2.75) is 70.4 Å². The third-order valence-corrected chi connectivity index (χ3v) is 3.70. The standard InChI is InChI=1S/C12H21NO/c1-2-5-10-6-3-7-11-8-4-9-12(14)13(10)11/h10-11H,2-9H2,1H3/t10-,11-/m0/s1. The molecule has 0 saturated carbocycles. The van der Waals surface area contributed by atoms with Crippen LogP contribution in [0.3, 0.4) is 0 Å². The van der Waals surface area contributed by atoms with Gasteiger partial charge in [-0.05, 0) is 38.5 Å². The maximum atomic E-state index is 11.8. The Bertz CT molecular complexity index is 210. The first-order chi connectivity index (χ1) is 6.83. The van der Waals surface area contributed by atoms with Gasteiger partial charge in [-0.1, -0.05) is 13.3 Å². The second-order valence-electron chi connectivity index (χ2n) is 4.72. The van der Waals surface area contributed by atoms with Crippen molar-refractivity contribution >= 4 is 5.91 Å². The number of amides is 1. The second-order valence-corrected chi connectivity index (χ2v) is 4.72. The van der Waals surface area contributed by atoms with E-state index in [1.54, 1.807) is 0 Å². The summed E-state index contributed by atoms with van der Waals surface area (Å²) in [4.78, 5) is 14.1. The lowest BCUT2D eigenvalue weighted by Gasteiger charge is -2.45. The molecule has 0 unspecified atom stereocenters. The fourth-order valence-electron chi connectivity index (χ4n) is 3.09. The van der Waals surface area contributed by atoms with Crippen LogP contribution < -0.4 is 0 Å². The van der Waals surface area contributed by atoms with E-state index in [1.807, 2.05) is 0 Å². The molecule has 0 spiro atoms. The molecule has 2 aliphatic heterocycles. The lowest BCUT2D eigenvalue weighted by molar-refractivity contribution is -0.142. The highest BCUT2D eigenvalue weighted by atomic mass is 16.2. The number of carbonyl (C=O) groups excluding carboxylic acids is 1. The summed E-state index contributed by atoms with van der Waals surface area (Å²) in [7, 11) is 0. The summed E-state index contributed by atoms with van der Waals surface area (Å²) < 4.78 is 0. The number of fused-ring (bicyclic) bond motifs is 1. The summed E-state index contributed by atoms with van der Waals surface area (Å²) in [5.41, 5.74) is 0. The largest absolute Gasteiger partial charge is 0.337 e. The number of nitrogens with zero attached hydrogens (tertiary/aromatic N) is 1. The Morgan fingerprint density at radius 2 is 2.07 bits per heavy atom. The summed E-state index contributed by atoms with van der Waals surface area (Å²) >= 11 is 0. The fourth-order valence-corrected chi connectivity index (χ4v) is 3.09. The SMILES string of the molecule is CCC[C@H]1CCC[C@H]2CCCC(=O)N21. The van der Waals surface area contributed by atoms with Crippen LogP contribution in [0.5, 0.6) is 0 Å². The Balaban J connectivity index is 2.06. The normalized spacial score (nSPS) is 32.9. The van der Waals surface area contributed by atoms with Crippen molar-refractivity contribution in [3.63, 3.8) is 0 Å². The molecule has 2 fully saturated rings. The van der Waals surface area contributed by atoms with Gasteiger partial charge in [0, 0.05) is 18.5 Å². The first-order valence-electron chi connectivity index (χ1n) is 6.14. The Morgan fingerprint density at radius 3 is 2.86 bits per heavy atom. The van der Waals surface area contributed by atoms with E-state index in [0.29, 0.717) is 18.0 Å². The van der Waals surface area contributed by atoms with Crippen LogP contribution in [0.4, 0.5) is 0 Å². The first kappa shape index (κ1) is 10.0. The number of hydrogen-bond acceptors (Lipinski definition) is 1. The molecular weight excluding hydrogens is 174 g/mol. The number of carbonyl (C=O) groups is 1. The molecule has 80 valence electrons. The summed E-state index contributed by atoms with van der Waals surface area (Å²) in [6.07, 6.45) is 9.44. The van der Waals surface area contributed by atoms with E-state index in [1.165, 1.54) is 38.5 Å². The molecule has 2 heterocycles. The molecule has 2 atom stereocenters. The molecule has 1 amide bonds. The Morgan fingerprint density at radius 1 is 1.29 bits per heavy atom. The number of rotatable bonds is 2. The van der Waals surface area contributed by atoms with Crippen LogP contribution in [0, 0.1) is 0 Å². The zero-order valence-corrected chi connectivity index (χ0v) is 9.17. The molecule has 2 heteroatoms. The lowest BCUT2D eigenvalue weighted by Crippen LogP contribution is -2.52. The molecule has 0 aromatic rings. The van der Waals surface area contributed by atoms with Gasteiger partial charge in [0.1, 0.15) is 0 Å². The third-order valence-electron chi connectivity index (χ3n) is 3.70. The highest BCUT2D eigenvalue weighted by molar-refractivity contribution is 5.77. The van der Waals surface area contributed by atoms with E-state index >= 15 is 0 Å². The minimum atomic E-state index is 0.430. The molecule has 0 radical (unpaired) electrons. The summed E-state index contributed by atoms with van der Waals surface area (Å²) in [5, 5.41) is 0. The van der Waals surface area contributed by atoms with Gasteiger partial charge in [-0.25, -0.2) is 0 Å². The Labute approximate surface area is 86.7 Å². The van der Waals surface area contributed by atoms with E-state index < -0.39 is 0 Å². The maximum absolute atomic E-state index is 11.8. The van der Waals surface area contributed by atoms with Crippen LogP contribution in [0.1, 0.15) is 58.3 Å². The van der Waals surface area contributed by atoms with Crippen molar-refractivity contribution in [1.29, 1.82) is 0 Å². The lowest BCUT2D eigenvalue weighted by atomic mass is 9.87. The molecule has 14 heavy (non-hydrogen) atoms. The fraction of sp³-hybridized carbons (Fsp3) is 0.917. The molecule has 0 N–H and O–H groups in total. The van der Waals surface area contributed by atoms with Gasteiger partial charge in [0.15, 0.2) is 0 Å². The highest BCUT2D eigenvalue weighted by Crippen LogP contribution is 2.32. The topological polar surface area (TPSA) is 20.3 Å². The Hall–Kier alpha value is -0.530. The smallest absolute Gasteiger partial charge is 0.223 e. The molecular formula is C12H21NO. The van der Waals surface area contributed by atoms with E-state index in [0.717, 1.165) is 12.8 Å². The zero-order valence-electron chi connectivity index (χ0n) is 9.17. The van der Waals surface area contributed by atoms with Crippen LogP contribution >= 0.6 is 0 Å². The molecule has 2 rings (SSSR count). The summed E-state index contributed by atoms with van der Waals surface area (Å²) in [5.74, 6) is 0.430. The van der Waals surface area contributed by atoms with E-state index in [4.69, 9.17) is 0 Å². The van der Waals surface area contributed by atoms with Gasteiger partial charge >= 0.3 is 0 Å². The average molecular weight is 195 g/mol. The van der Waals surface area contributed by atoms with Crippen molar-refractivity contribution in [2.24, 2.45) is 0 Å². The van der Waals surface area contributed by atoms with Crippen molar-refractivity contribution in [1.82, 2.24) is 4.90 Å². The van der Waals surface area contributed by atoms with Crippen LogP contribution in [0.2, 0.25) is 0 Å². The van der Waals surface area contributed by atoms with Gasteiger partial charge in [0.05, 0.1) is 0 Å². The highest BCUT2D eigenvalue weighted by Gasteiger charge is 2.35. The van der Waals surface area contributed by atoms with Crippen LogP contribution in [0.15, 0.2) is 0 Å². The summed E-state index contributed by atoms with van der Waals surface area (Å²) in [6, 6.07) is 1.17. The number of hydrogen-bond donors (Lipinski definition) is 0. The molecule has 0 aliphatic carbocycles. The van der Waals surface area contributed by atoms with Crippen molar-refractivity contribution in [3.8, 4) is 0 Å². The molecule has 2 aliphatic rings. The predicted octanol–water partition coefficient (Wildman–Crippen LogP) is 2.72. The molecule has 2 saturated heterocycles. The van der Waals surface area contributed by atoms with Crippen LogP contribution in [0.25, 0.3) is 0 Å².